The molecule has 0 saturated carbocycles. The van der Waals surface area contributed by atoms with E-state index in [1.807, 2.05) is 27.7 Å². The number of rotatable bonds is 8. The quantitative estimate of drug-likeness (QED) is 0.745. The summed E-state index contributed by atoms with van der Waals surface area (Å²) in [6.07, 6.45) is 0. The maximum absolute atomic E-state index is 5.96. The first kappa shape index (κ1) is 16.1. The van der Waals surface area contributed by atoms with Crippen molar-refractivity contribution in [3.63, 3.8) is 0 Å². The highest BCUT2D eigenvalue weighted by Gasteiger charge is 2.17. The normalized spacial score (nSPS) is 11.6. The first-order chi connectivity index (χ1) is 8.96. The van der Waals surface area contributed by atoms with Gasteiger partial charge in [-0.05, 0) is 27.7 Å². The van der Waals surface area contributed by atoms with Gasteiger partial charge < -0.3 is 14.8 Å². The summed E-state index contributed by atoms with van der Waals surface area (Å²) in [5.41, 5.74) is -0.258. The zero-order chi connectivity index (χ0) is 14.3. The van der Waals surface area contributed by atoms with Crippen molar-refractivity contribution in [2.24, 2.45) is 0 Å². The third-order valence-corrected chi connectivity index (χ3v) is 2.60. The second kappa shape index (κ2) is 7.62. The first-order valence-corrected chi connectivity index (χ1v) is 6.83. The minimum Gasteiger partial charge on any atom is -0.374 e. The van der Waals surface area contributed by atoms with Gasteiger partial charge >= 0.3 is 0 Å². The van der Waals surface area contributed by atoms with E-state index < -0.39 is 0 Å². The molecule has 1 N–H and O–H groups in total. The Morgan fingerprint density at radius 1 is 1.26 bits per heavy atom. The van der Waals surface area contributed by atoms with Gasteiger partial charge in [0.2, 0.25) is 0 Å². The molecule has 0 fully saturated rings. The van der Waals surface area contributed by atoms with Gasteiger partial charge in [0, 0.05) is 25.8 Å². The van der Waals surface area contributed by atoms with E-state index in [4.69, 9.17) is 21.1 Å². The van der Waals surface area contributed by atoms with Crippen LogP contribution in [0.5, 0.6) is 0 Å². The Balaban J connectivity index is 2.65. The lowest BCUT2D eigenvalue weighted by Gasteiger charge is -2.25. The molecule has 19 heavy (non-hydrogen) atoms. The summed E-state index contributed by atoms with van der Waals surface area (Å²) in [5.74, 6) is 1.26. The molecule has 0 radical (unpaired) electrons. The largest absolute Gasteiger partial charge is 0.374 e. The average molecular weight is 288 g/mol. The Morgan fingerprint density at radius 2 is 2.00 bits per heavy atom. The average Bonchev–Trinajstić information content (AvgIpc) is 2.33. The van der Waals surface area contributed by atoms with Crippen LogP contribution in [0.4, 0.5) is 5.82 Å². The standard InChI is InChI=1S/C13H22ClN3O2/c1-5-18-8-12-16-10(14)7-11(17-12)15-9-13(3,4)19-6-2/h7H,5-6,8-9H2,1-4H3,(H,15,16,17). The Kier molecular flexibility index (Phi) is 6.48. The topological polar surface area (TPSA) is 56.3 Å². The van der Waals surface area contributed by atoms with Crippen molar-refractivity contribution in [2.75, 3.05) is 25.1 Å². The van der Waals surface area contributed by atoms with Gasteiger partial charge in [-0.25, -0.2) is 9.97 Å². The lowest BCUT2D eigenvalue weighted by atomic mass is 10.1. The molecule has 1 aromatic heterocycles. The number of nitrogens with zero attached hydrogens (tertiary/aromatic N) is 2. The van der Waals surface area contributed by atoms with Crippen LogP contribution in [-0.2, 0) is 16.1 Å². The van der Waals surface area contributed by atoms with E-state index in [9.17, 15) is 0 Å². The zero-order valence-corrected chi connectivity index (χ0v) is 12.8. The Hall–Kier alpha value is -0.910. The molecule has 0 aliphatic rings. The van der Waals surface area contributed by atoms with Crippen LogP contribution in [0.1, 0.15) is 33.5 Å². The Bertz CT molecular complexity index is 399. The lowest BCUT2D eigenvalue weighted by Crippen LogP contribution is -2.33. The fourth-order valence-electron chi connectivity index (χ4n) is 1.56. The molecule has 0 bridgehead atoms. The molecule has 1 rings (SSSR count). The molecular weight excluding hydrogens is 266 g/mol. The van der Waals surface area contributed by atoms with E-state index in [-0.39, 0.29) is 5.60 Å². The van der Waals surface area contributed by atoms with Crippen molar-refractivity contribution in [1.29, 1.82) is 0 Å². The second-order valence-electron chi connectivity index (χ2n) is 4.68. The van der Waals surface area contributed by atoms with Gasteiger partial charge in [-0.15, -0.1) is 0 Å². The van der Waals surface area contributed by atoms with Gasteiger partial charge in [0.25, 0.3) is 0 Å². The summed E-state index contributed by atoms with van der Waals surface area (Å²) in [6.45, 7) is 10.2. The molecular formula is C13H22ClN3O2. The predicted octanol–water partition coefficient (Wildman–Crippen LogP) is 2.89. The van der Waals surface area contributed by atoms with Gasteiger partial charge in [-0.3, -0.25) is 0 Å². The fraction of sp³-hybridized carbons (Fsp3) is 0.692. The van der Waals surface area contributed by atoms with Crippen LogP contribution in [0.3, 0.4) is 0 Å². The van der Waals surface area contributed by atoms with E-state index in [0.717, 1.165) is 0 Å². The number of halogens is 1. The van der Waals surface area contributed by atoms with Gasteiger partial charge in [-0.1, -0.05) is 11.6 Å². The Labute approximate surface area is 119 Å². The van der Waals surface area contributed by atoms with Crippen LogP contribution in [0.15, 0.2) is 6.07 Å². The summed E-state index contributed by atoms with van der Waals surface area (Å²) < 4.78 is 10.9. The first-order valence-electron chi connectivity index (χ1n) is 6.46. The molecule has 108 valence electrons. The number of anilines is 1. The van der Waals surface area contributed by atoms with Crippen molar-refractivity contribution >= 4 is 17.4 Å². The highest BCUT2D eigenvalue weighted by molar-refractivity contribution is 6.29. The molecule has 0 aliphatic carbocycles. The zero-order valence-electron chi connectivity index (χ0n) is 12.0. The van der Waals surface area contributed by atoms with Gasteiger partial charge in [0.05, 0.1) is 5.60 Å². The van der Waals surface area contributed by atoms with E-state index in [1.165, 1.54) is 0 Å². The Morgan fingerprint density at radius 3 is 2.63 bits per heavy atom. The maximum atomic E-state index is 5.96. The summed E-state index contributed by atoms with van der Waals surface area (Å²) >= 11 is 5.96. The second-order valence-corrected chi connectivity index (χ2v) is 5.06. The van der Waals surface area contributed by atoms with E-state index >= 15 is 0 Å². The fourth-order valence-corrected chi connectivity index (χ4v) is 1.76. The molecule has 0 aromatic carbocycles. The SMILES string of the molecule is CCOCc1nc(Cl)cc(NCC(C)(C)OCC)n1. The number of nitrogens with one attached hydrogen (secondary N) is 1. The summed E-state index contributed by atoms with van der Waals surface area (Å²) in [4.78, 5) is 8.46. The molecule has 6 heteroatoms. The molecule has 0 unspecified atom stereocenters. The lowest BCUT2D eigenvalue weighted by molar-refractivity contribution is 0.000633. The highest BCUT2D eigenvalue weighted by Crippen LogP contribution is 2.15. The van der Waals surface area contributed by atoms with Crippen LogP contribution < -0.4 is 5.32 Å². The number of ether oxygens (including phenoxy) is 2. The summed E-state index contributed by atoms with van der Waals surface area (Å²) in [5, 5.41) is 3.62. The third kappa shape index (κ3) is 6.18. The molecule has 0 spiro atoms. The van der Waals surface area contributed by atoms with E-state index in [0.29, 0.717) is 43.2 Å². The van der Waals surface area contributed by atoms with Gasteiger partial charge in [-0.2, -0.15) is 0 Å². The third-order valence-electron chi connectivity index (χ3n) is 2.41. The van der Waals surface area contributed by atoms with Crippen molar-refractivity contribution in [1.82, 2.24) is 9.97 Å². The van der Waals surface area contributed by atoms with Crippen molar-refractivity contribution < 1.29 is 9.47 Å². The molecule has 0 saturated heterocycles. The van der Waals surface area contributed by atoms with Crippen LogP contribution in [0, 0.1) is 0 Å². The predicted molar refractivity (Wildman–Crippen MR) is 76.6 cm³/mol. The maximum Gasteiger partial charge on any atom is 0.158 e. The van der Waals surface area contributed by atoms with Crippen LogP contribution in [-0.4, -0.2) is 35.3 Å². The van der Waals surface area contributed by atoms with E-state index in [2.05, 4.69) is 15.3 Å². The number of hydrogen-bond acceptors (Lipinski definition) is 5. The summed E-state index contributed by atoms with van der Waals surface area (Å²) in [6, 6.07) is 1.69. The molecule has 1 heterocycles. The van der Waals surface area contributed by atoms with Gasteiger partial charge in [0.1, 0.15) is 17.6 Å². The van der Waals surface area contributed by atoms with Crippen LogP contribution in [0.25, 0.3) is 0 Å². The van der Waals surface area contributed by atoms with Crippen molar-refractivity contribution in [3.8, 4) is 0 Å². The summed E-state index contributed by atoms with van der Waals surface area (Å²) in [7, 11) is 0. The molecule has 0 aliphatic heterocycles. The van der Waals surface area contributed by atoms with Crippen LogP contribution in [0.2, 0.25) is 5.15 Å². The van der Waals surface area contributed by atoms with E-state index in [1.54, 1.807) is 6.07 Å². The van der Waals surface area contributed by atoms with Crippen molar-refractivity contribution in [3.05, 3.63) is 17.0 Å². The van der Waals surface area contributed by atoms with Gasteiger partial charge in [0.15, 0.2) is 5.82 Å². The smallest absolute Gasteiger partial charge is 0.158 e. The minimum atomic E-state index is -0.258. The van der Waals surface area contributed by atoms with Crippen molar-refractivity contribution in [2.45, 2.75) is 39.9 Å². The number of hydrogen-bond donors (Lipinski definition) is 1. The van der Waals surface area contributed by atoms with Crippen LogP contribution >= 0.6 is 11.6 Å². The molecule has 0 amide bonds. The highest BCUT2D eigenvalue weighted by atomic mass is 35.5. The molecule has 1 aromatic rings. The monoisotopic (exact) mass is 287 g/mol. The number of aromatic nitrogens is 2. The minimum absolute atomic E-state index is 0.258. The molecule has 5 nitrogen and oxygen atoms in total. The molecule has 0 atom stereocenters.